The Morgan fingerprint density at radius 2 is 2.00 bits per heavy atom. The number of tetrazole rings is 1. The largest absolute Gasteiger partial charge is 0.288 e. The molecule has 0 radical (unpaired) electrons. The third-order valence-electron chi connectivity index (χ3n) is 4.54. The minimum Gasteiger partial charge on any atom is -0.288 e. The quantitative estimate of drug-likeness (QED) is 0.673. The van der Waals surface area contributed by atoms with Gasteiger partial charge in [-0.2, -0.15) is 10.3 Å². The summed E-state index contributed by atoms with van der Waals surface area (Å²) < 4.78 is 1.84. The molecule has 0 atom stereocenters. The molecule has 1 aromatic carbocycles. The molecule has 28 heavy (non-hydrogen) atoms. The molecule has 0 unspecified atom stereocenters. The van der Waals surface area contributed by atoms with Crippen molar-refractivity contribution in [3.8, 4) is 10.6 Å². The van der Waals surface area contributed by atoms with E-state index in [1.165, 1.54) is 19.3 Å². The van der Waals surface area contributed by atoms with Gasteiger partial charge < -0.3 is 0 Å². The fraction of sp³-hybridized carbons (Fsp3) is 0.412. The SMILES string of the molecule is Cl.Cn1nc(-c2ccc(C(=O)Nc3nn[nH]n3)cc2)s/c1=N/C1CCCCC1. The highest BCUT2D eigenvalue weighted by Gasteiger charge is 2.14. The Balaban J connectivity index is 0.00000225. The van der Waals surface area contributed by atoms with E-state index in [0.29, 0.717) is 11.6 Å². The van der Waals surface area contributed by atoms with Crippen molar-refractivity contribution in [2.75, 3.05) is 5.32 Å². The van der Waals surface area contributed by atoms with Gasteiger partial charge in [-0.15, -0.1) is 17.5 Å². The molecule has 11 heteroatoms. The zero-order chi connectivity index (χ0) is 18.6. The number of benzene rings is 1. The van der Waals surface area contributed by atoms with Crippen molar-refractivity contribution < 1.29 is 4.79 Å². The summed E-state index contributed by atoms with van der Waals surface area (Å²) in [6.07, 6.45) is 6.17. The van der Waals surface area contributed by atoms with Crippen LogP contribution in [0.15, 0.2) is 29.3 Å². The number of hydrogen-bond donors (Lipinski definition) is 2. The number of aryl methyl sites for hydroxylation is 1. The Labute approximate surface area is 171 Å². The van der Waals surface area contributed by atoms with Crippen LogP contribution in [0.3, 0.4) is 0 Å². The first-order valence-electron chi connectivity index (χ1n) is 8.92. The number of aromatic amines is 1. The lowest BCUT2D eigenvalue weighted by Crippen LogP contribution is -2.18. The van der Waals surface area contributed by atoms with Gasteiger partial charge in [-0.1, -0.05) is 47.8 Å². The minimum absolute atomic E-state index is 0. The summed E-state index contributed by atoms with van der Waals surface area (Å²) >= 11 is 1.58. The molecule has 0 aliphatic heterocycles. The summed E-state index contributed by atoms with van der Waals surface area (Å²) in [4.78, 5) is 18.0. The molecule has 2 heterocycles. The average molecular weight is 421 g/mol. The number of nitrogens with zero attached hydrogens (tertiary/aromatic N) is 6. The number of carbonyl (C=O) groups excluding carboxylic acids is 1. The number of halogens is 1. The first kappa shape index (κ1) is 20.2. The lowest BCUT2D eigenvalue weighted by molar-refractivity contribution is 0.102. The van der Waals surface area contributed by atoms with Crippen LogP contribution in [0.1, 0.15) is 42.5 Å². The number of aromatic nitrogens is 6. The van der Waals surface area contributed by atoms with Gasteiger partial charge in [0.1, 0.15) is 5.01 Å². The van der Waals surface area contributed by atoms with Crippen LogP contribution in [0, 0.1) is 0 Å². The van der Waals surface area contributed by atoms with E-state index in [9.17, 15) is 4.79 Å². The summed E-state index contributed by atoms with van der Waals surface area (Å²) in [7, 11) is 1.92. The van der Waals surface area contributed by atoms with E-state index in [1.54, 1.807) is 23.5 Å². The Bertz CT molecular complexity index is 974. The Kier molecular flexibility index (Phi) is 6.53. The van der Waals surface area contributed by atoms with Crippen LogP contribution in [-0.2, 0) is 7.05 Å². The number of hydrogen-bond acceptors (Lipinski definition) is 7. The number of anilines is 1. The maximum absolute atomic E-state index is 12.2. The summed E-state index contributed by atoms with van der Waals surface area (Å²) in [6.45, 7) is 0. The molecule has 1 aliphatic carbocycles. The molecule has 2 N–H and O–H groups in total. The smallest absolute Gasteiger partial charge is 0.270 e. The van der Waals surface area contributed by atoms with Crippen LogP contribution in [0.4, 0.5) is 5.95 Å². The van der Waals surface area contributed by atoms with Gasteiger partial charge in [-0.3, -0.25) is 15.1 Å². The monoisotopic (exact) mass is 420 g/mol. The molecule has 1 amide bonds. The highest BCUT2D eigenvalue weighted by molar-refractivity contribution is 7.12. The third-order valence-corrected chi connectivity index (χ3v) is 5.60. The zero-order valence-electron chi connectivity index (χ0n) is 15.3. The molecule has 0 spiro atoms. The molecule has 1 saturated carbocycles. The van der Waals surface area contributed by atoms with Crippen LogP contribution in [0.2, 0.25) is 0 Å². The fourth-order valence-corrected chi connectivity index (χ4v) is 4.06. The molecule has 3 aromatic rings. The molecular weight excluding hydrogens is 400 g/mol. The third kappa shape index (κ3) is 4.63. The number of amides is 1. The fourth-order valence-electron chi connectivity index (χ4n) is 3.10. The molecule has 0 saturated heterocycles. The Morgan fingerprint density at radius 3 is 2.68 bits per heavy atom. The number of carbonyl (C=O) groups is 1. The minimum atomic E-state index is -0.291. The average Bonchev–Trinajstić information content (AvgIpc) is 3.33. The Hall–Kier alpha value is -2.59. The van der Waals surface area contributed by atoms with Gasteiger partial charge in [-0.05, 0) is 30.2 Å². The van der Waals surface area contributed by atoms with Crippen LogP contribution in [0.5, 0.6) is 0 Å². The second kappa shape index (κ2) is 9.07. The van der Waals surface area contributed by atoms with Crippen molar-refractivity contribution in [2.24, 2.45) is 12.0 Å². The first-order valence-corrected chi connectivity index (χ1v) is 9.74. The molecule has 0 bridgehead atoms. The van der Waals surface area contributed by atoms with Crippen molar-refractivity contribution in [2.45, 2.75) is 38.1 Å². The van der Waals surface area contributed by atoms with E-state index in [4.69, 9.17) is 4.99 Å². The van der Waals surface area contributed by atoms with Gasteiger partial charge in [-0.25, -0.2) is 4.68 Å². The van der Waals surface area contributed by atoms with E-state index >= 15 is 0 Å². The van der Waals surface area contributed by atoms with Gasteiger partial charge in [0.2, 0.25) is 4.80 Å². The molecule has 1 aliphatic rings. The highest BCUT2D eigenvalue weighted by atomic mass is 35.5. The van der Waals surface area contributed by atoms with Crippen LogP contribution in [-0.4, -0.2) is 42.4 Å². The van der Waals surface area contributed by atoms with Crippen molar-refractivity contribution in [3.05, 3.63) is 34.6 Å². The maximum Gasteiger partial charge on any atom is 0.270 e. The lowest BCUT2D eigenvalue weighted by atomic mass is 9.96. The van der Waals surface area contributed by atoms with E-state index in [1.807, 2.05) is 23.9 Å². The number of nitrogens with one attached hydrogen (secondary N) is 2. The second-order valence-corrected chi connectivity index (χ2v) is 7.46. The zero-order valence-corrected chi connectivity index (χ0v) is 17.0. The normalized spacial score (nSPS) is 15.2. The highest BCUT2D eigenvalue weighted by Crippen LogP contribution is 2.22. The summed E-state index contributed by atoms with van der Waals surface area (Å²) in [5.74, 6) is -0.148. The van der Waals surface area contributed by atoms with Crippen molar-refractivity contribution >= 4 is 35.6 Å². The van der Waals surface area contributed by atoms with Crippen molar-refractivity contribution in [1.29, 1.82) is 0 Å². The molecule has 9 nitrogen and oxygen atoms in total. The topological polar surface area (TPSA) is 114 Å². The van der Waals surface area contributed by atoms with E-state index < -0.39 is 0 Å². The van der Waals surface area contributed by atoms with Crippen LogP contribution >= 0.6 is 23.7 Å². The van der Waals surface area contributed by atoms with E-state index in [-0.39, 0.29) is 24.3 Å². The van der Waals surface area contributed by atoms with Gasteiger partial charge in [0.25, 0.3) is 11.9 Å². The summed E-state index contributed by atoms with van der Waals surface area (Å²) in [6, 6.07) is 7.69. The maximum atomic E-state index is 12.2. The predicted molar refractivity (Wildman–Crippen MR) is 108 cm³/mol. The Morgan fingerprint density at radius 1 is 1.25 bits per heavy atom. The molecule has 2 aromatic heterocycles. The predicted octanol–water partition coefficient (Wildman–Crippen LogP) is 2.57. The number of H-pyrrole nitrogens is 1. The molecular formula is C17H21ClN8OS. The lowest BCUT2D eigenvalue weighted by Gasteiger charge is -2.16. The van der Waals surface area contributed by atoms with Gasteiger partial charge in [0, 0.05) is 18.2 Å². The van der Waals surface area contributed by atoms with Gasteiger partial charge in [0.05, 0.1) is 6.04 Å². The molecule has 4 rings (SSSR count). The summed E-state index contributed by atoms with van der Waals surface area (Å²) in [5.41, 5.74) is 1.47. The van der Waals surface area contributed by atoms with Crippen LogP contribution < -0.4 is 10.1 Å². The van der Waals surface area contributed by atoms with Crippen molar-refractivity contribution in [3.63, 3.8) is 0 Å². The first-order chi connectivity index (χ1) is 13.2. The number of rotatable bonds is 4. The van der Waals surface area contributed by atoms with Crippen molar-refractivity contribution in [1.82, 2.24) is 30.4 Å². The van der Waals surface area contributed by atoms with Crippen LogP contribution in [0.25, 0.3) is 10.6 Å². The second-order valence-electron chi connectivity index (χ2n) is 6.50. The molecule has 1 fully saturated rings. The molecule has 148 valence electrons. The standard InChI is InChI=1S/C17H20N8OS.ClH/c1-25-17(18-13-5-3-2-4-6-13)27-15(22-25)12-9-7-11(8-10-12)14(26)19-16-20-23-24-21-16;/h7-10,13H,2-6H2,1H3,(H2,19,20,21,23,24,26);1H/b18-17+;. The van der Waals surface area contributed by atoms with Gasteiger partial charge >= 0.3 is 0 Å². The summed E-state index contributed by atoms with van der Waals surface area (Å²) in [5, 5.41) is 21.2. The van der Waals surface area contributed by atoms with E-state index in [2.05, 4.69) is 31.0 Å². The van der Waals surface area contributed by atoms with Gasteiger partial charge in [0.15, 0.2) is 0 Å². The van der Waals surface area contributed by atoms with E-state index in [0.717, 1.165) is 28.2 Å².